The van der Waals surface area contributed by atoms with Gasteiger partial charge >= 0.3 is 12.4 Å². The molecule has 0 spiro atoms. The van der Waals surface area contributed by atoms with Crippen LogP contribution in [-0.4, -0.2) is 85.0 Å². The van der Waals surface area contributed by atoms with E-state index in [1.54, 1.807) is 59.0 Å². The van der Waals surface area contributed by atoms with Crippen molar-refractivity contribution in [2.45, 2.75) is 24.7 Å². The lowest BCUT2D eigenvalue weighted by Gasteiger charge is -2.37. The number of hydrogen-bond acceptors (Lipinski definition) is 10. The van der Waals surface area contributed by atoms with Crippen LogP contribution in [-0.2, 0) is 21.9 Å². The van der Waals surface area contributed by atoms with Crippen molar-refractivity contribution >= 4 is 71.8 Å². The monoisotopic (exact) mass is 1070 g/mol. The van der Waals surface area contributed by atoms with E-state index < -0.39 is 46.2 Å². The average Bonchev–Trinajstić information content (AvgIpc) is 2.90. The Balaban J connectivity index is 0.896. The first-order valence-electron chi connectivity index (χ1n) is 25.1. The first-order chi connectivity index (χ1) is 38.0. The van der Waals surface area contributed by atoms with Gasteiger partial charge in [-0.15, -0.1) is 0 Å². The molecule has 0 saturated carbocycles. The van der Waals surface area contributed by atoms with Gasteiger partial charge in [0.25, 0.3) is 11.1 Å². The van der Waals surface area contributed by atoms with Gasteiger partial charge in [-0.2, -0.15) is 31.4 Å². The topological polar surface area (TPSA) is 170 Å². The molecule has 1 aliphatic carbocycles. The Hall–Kier alpha value is -9.43. The molecule has 1 atom stereocenters. The zero-order valence-electron chi connectivity index (χ0n) is 41.7. The molecule has 6 aromatic heterocycles. The molecule has 13 rings (SSSR count). The van der Waals surface area contributed by atoms with Crippen LogP contribution in [0, 0.1) is 0 Å². The summed E-state index contributed by atoms with van der Waals surface area (Å²) in [5.41, 5.74) is 9.23. The number of nitrogens with two attached hydrogens (primary N) is 1. The summed E-state index contributed by atoms with van der Waals surface area (Å²) in [6, 6.07) is 28.7. The van der Waals surface area contributed by atoms with Gasteiger partial charge in [0.1, 0.15) is 0 Å². The molecule has 1 aliphatic heterocycles. The number of nitrogens with zero attached hydrogens (tertiary/aromatic N) is 8. The van der Waals surface area contributed by atoms with Gasteiger partial charge in [-0.1, -0.05) is 24.3 Å². The van der Waals surface area contributed by atoms with Gasteiger partial charge in [-0.25, -0.2) is 0 Å². The van der Waals surface area contributed by atoms with Crippen molar-refractivity contribution in [3.8, 4) is 33.6 Å². The lowest BCUT2D eigenvalue weighted by molar-refractivity contribution is -0.138. The van der Waals surface area contributed by atoms with Gasteiger partial charge in [-0.3, -0.25) is 43.6 Å². The summed E-state index contributed by atoms with van der Waals surface area (Å²) in [5.74, 6) is -0.679. The van der Waals surface area contributed by atoms with Gasteiger partial charge in [0.05, 0.1) is 69.3 Å². The number of nitrogen functional groups attached to an aromatic ring is 1. The summed E-state index contributed by atoms with van der Waals surface area (Å²) in [4.78, 5) is 59.0. The highest BCUT2D eigenvalue weighted by Gasteiger charge is 2.43. The zero-order valence-corrected chi connectivity index (χ0v) is 41.7. The number of amides is 1. The number of anilines is 2. The second-order valence-electron chi connectivity index (χ2n) is 19.7. The normalized spacial score (nSPS) is 14.7. The fraction of sp³-hybridized carbons (Fsp3) is 0.169. The van der Waals surface area contributed by atoms with Crippen LogP contribution in [0.2, 0.25) is 0 Å². The van der Waals surface area contributed by atoms with Gasteiger partial charge in [0.15, 0.2) is 0 Å². The number of carbonyl (C=O) groups is 1. The maximum atomic E-state index is 15.3. The number of H-pyrrole nitrogens is 1. The maximum absolute atomic E-state index is 15.3. The summed E-state index contributed by atoms with van der Waals surface area (Å²) < 4.78 is 95.7. The highest BCUT2D eigenvalue weighted by atomic mass is 19.4. The summed E-state index contributed by atoms with van der Waals surface area (Å²) in [6.45, 7) is 1.07. The number of piperazine rings is 1. The molecule has 3 N–H and O–H groups in total. The molecular weight excluding hydrogens is 1030 g/mol. The maximum Gasteiger partial charge on any atom is 0.418 e. The van der Waals surface area contributed by atoms with Gasteiger partial charge in [0, 0.05) is 125 Å². The lowest BCUT2D eigenvalue weighted by Crippen LogP contribution is -2.49. The van der Waals surface area contributed by atoms with Gasteiger partial charge < -0.3 is 20.3 Å². The molecule has 2 aliphatic rings. The van der Waals surface area contributed by atoms with E-state index in [2.05, 4.69) is 15.2 Å². The van der Waals surface area contributed by atoms with Crippen molar-refractivity contribution < 1.29 is 35.9 Å². The number of ether oxygens (including phenoxy) is 1. The number of methoxy groups -OCH3 is 1. The predicted octanol–water partition coefficient (Wildman–Crippen LogP) is 10.8. The Bertz CT molecular complexity index is 4470. The third-order valence-corrected chi connectivity index (χ3v) is 15.1. The van der Waals surface area contributed by atoms with E-state index in [0.717, 1.165) is 40.3 Å². The van der Waals surface area contributed by atoms with Crippen LogP contribution in [0.15, 0.2) is 150 Å². The molecule has 394 valence electrons. The van der Waals surface area contributed by atoms with E-state index >= 15 is 18.0 Å². The van der Waals surface area contributed by atoms with Crippen LogP contribution in [0.4, 0.5) is 37.7 Å². The number of nitrogens with one attached hydrogen (secondary N) is 1. The summed E-state index contributed by atoms with van der Waals surface area (Å²) >= 11 is 0. The molecule has 1 saturated heterocycles. The predicted molar refractivity (Wildman–Crippen MR) is 289 cm³/mol. The van der Waals surface area contributed by atoms with E-state index in [-0.39, 0.29) is 62.2 Å². The minimum Gasteiger partial charge on any atom is -0.398 e. The Morgan fingerprint density at radius 3 is 2.03 bits per heavy atom. The molecule has 79 heavy (non-hydrogen) atoms. The Kier molecular flexibility index (Phi) is 11.4. The van der Waals surface area contributed by atoms with Crippen LogP contribution >= 0.6 is 0 Å². The Morgan fingerprint density at radius 1 is 0.633 bits per heavy atom. The molecule has 1 fully saturated rings. The van der Waals surface area contributed by atoms with Crippen LogP contribution in [0.3, 0.4) is 0 Å². The molecule has 0 unspecified atom stereocenters. The van der Waals surface area contributed by atoms with Crippen LogP contribution in [0.5, 0.6) is 0 Å². The van der Waals surface area contributed by atoms with Crippen molar-refractivity contribution in [3.63, 3.8) is 0 Å². The van der Waals surface area contributed by atoms with Crippen molar-refractivity contribution in [3.05, 3.63) is 189 Å². The quantitative estimate of drug-likeness (QED) is 0.0806. The third-order valence-electron chi connectivity index (χ3n) is 15.1. The molecule has 14 nitrogen and oxygen atoms in total. The van der Waals surface area contributed by atoms with E-state index in [1.165, 1.54) is 40.5 Å². The number of aromatic amines is 1. The van der Waals surface area contributed by atoms with E-state index in [1.807, 2.05) is 48.5 Å². The average molecular weight is 1070 g/mol. The number of fused-ring (bicyclic) bond motifs is 9. The lowest BCUT2D eigenvalue weighted by atomic mass is 10.00. The van der Waals surface area contributed by atoms with Crippen LogP contribution < -0.4 is 21.8 Å². The number of carbonyl (C=O) groups excluding carboxylic acids is 1. The summed E-state index contributed by atoms with van der Waals surface area (Å²) in [6.07, 6.45) is -1.14. The molecule has 0 bridgehead atoms. The number of aromatic nitrogens is 7. The zero-order chi connectivity index (χ0) is 54.6. The Morgan fingerprint density at radius 2 is 1.30 bits per heavy atom. The van der Waals surface area contributed by atoms with E-state index in [4.69, 9.17) is 20.4 Å². The fourth-order valence-corrected chi connectivity index (χ4v) is 11.2. The van der Waals surface area contributed by atoms with Crippen molar-refractivity contribution in [2.75, 3.05) is 50.5 Å². The molecule has 11 aromatic rings. The Labute approximate surface area is 442 Å². The number of benzene rings is 5. The smallest absolute Gasteiger partial charge is 0.398 e. The number of hydrogen-bond donors (Lipinski definition) is 2. The van der Waals surface area contributed by atoms with Crippen molar-refractivity contribution in [2.24, 2.45) is 0 Å². The minimum absolute atomic E-state index is 0.0171. The largest absolute Gasteiger partial charge is 0.418 e. The fourth-order valence-electron chi connectivity index (χ4n) is 11.2. The third kappa shape index (κ3) is 8.37. The number of halogens is 6. The molecule has 7 heterocycles. The molecule has 20 heteroatoms. The van der Waals surface area contributed by atoms with E-state index in [0.29, 0.717) is 71.4 Å². The van der Waals surface area contributed by atoms with Crippen molar-refractivity contribution in [1.29, 1.82) is 0 Å². The van der Waals surface area contributed by atoms with Gasteiger partial charge in [0.2, 0.25) is 5.91 Å². The van der Waals surface area contributed by atoms with E-state index in [9.17, 15) is 22.8 Å². The summed E-state index contributed by atoms with van der Waals surface area (Å²) in [7, 11) is 1.50. The van der Waals surface area contributed by atoms with Gasteiger partial charge in [-0.05, 0) is 101 Å². The number of pyridine rings is 5. The van der Waals surface area contributed by atoms with Crippen LogP contribution in [0.1, 0.15) is 40.2 Å². The first kappa shape index (κ1) is 49.2. The second kappa shape index (κ2) is 18.4. The second-order valence-corrected chi connectivity index (χ2v) is 19.7. The summed E-state index contributed by atoms with van der Waals surface area (Å²) in [5, 5.41) is 9.81. The molecular formula is C59H42F6N10O4. The van der Waals surface area contributed by atoms with Crippen molar-refractivity contribution in [1.82, 2.24) is 39.2 Å². The SMILES string of the molecule is COCCC(=O)N1CCN(c2ccc(-n3c(=O)c4c(c5cnc6ccc(-c7cn[nH]c7)cc6c53)[C@H]4c3ccc4cc(-c5ccc6ncc7ccc(=O)n(-c8ccc(N)c(C(F)(F)F)c8)c7c6c5)cnc4c3)cc2C(F)(F)F)CC1. The number of alkyl halides is 6. The number of rotatable bonds is 9. The first-order valence-corrected chi connectivity index (χ1v) is 25.1. The standard InChI is InChI=1S/C59H42F6N10O4/c1-79-19-14-50(76)73-17-15-72(16-18-73)49-12-8-39(25-44(49)59(63,64)65)75-56-41-22-32(37-28-70-71-29-37)5-11-47(41)69-30-42(56)53-52(54(53)57(75)78)34-3-2-33-20-36(27-68-48(33)23-34)31-4-10-46-40(21-31)55-35(26-67-46)6-13-51(77)74(55)38-7-9-45(66)43(24-38)58(60,61)62/h2-13,20-30,52H,14-19,66H2,1H3,(H,70,71)/t52-/m1/s1. The molecule has 0 radical (unpaired) electrons. The highest BCUT2D eigenvalue weighted by molar-refractivity contribution is 6.09. The molecule has 5 aromatic carbocycles. The molecule has 1 amide bonds. The minimum atomic E-state index is -4.81. The highest BCUT2D eigenvalue weighted by Crippen LogP contribution is 2.52. The van der Waals surface area contributed by atoms with Crippen LogP contribution in [0.25, 0.3) is 88.1 Å².